The SMILES string of the molecule is CC(CN)N(C)c1ccc(C(F)(F)F)cn1. The summed E-state index contributed by atoms with van der Waals surface area (Å²) in [5, 5.41) is 0. The third-order valence-corrected chi connectivity index (χ3v) is 2.44. The van der Waals surface area contributed by atoms with E-state index in [-0.39, 0.29) is 6.04 Å². The fourth-order valence-corrected chi connectivity index (χ4v) is 1.15. The summed E-state index contributed by atoms with van der Waals surface area (Å²) in [6, 6.07) is 2.39. The van der Waals surface area contributed by atoms with E-state index in [2.05, 4.69) is 4.98 Å². The van der Waals surface area contributed by atoms with Crippen molar-refractivity contribution in [1.82, 2.24) is 4.98 Å². The fraction of sp³-hybridized carbons (Fsp3) is 0.500. The second-order valence-electron chi connectivity index (χ2n) is 3.60. The van der Waals surface area contributed by atoms with Crippen LogP contribution in [0.15, 0.2) is 18.3 Å². The molecule has 0 radical (unpaired) electrons. The number of likely N-dealkylation sites (N-methyl/N-ethyl adjacent to an activating group) is 1. The predicted octanol–water partition coefficient (Wildman–Crippen LogP) is 1.88. The monoisotopic (exact) mass is 233 g/mol. The van der Waals surface area contributed by atoms with Crippen molar-refractivity contribution in [1.29, 1.82) is 0 Å². The van der Waals surface area contributed by atoms with Gasteiger partial charge in [0.1, 0.15) is 5.82 Å². The van der Waals surface area contributed by atoms with Gasteiger partial charge in [-0.2, -0.15) is 13.2 Å². The van der Waals surface area contributed by atoms with Gasteiger partial charge in [0.15, 0.2) is 0 Å². The van der Waals surface area contributed by atoms with Gasteiger partial charge in [0.2, 0.25) is 0 Å². The molecule has 1 unspecified atom stereocenters. The standard InChI is InChI=1S/C10H14F3N3/c1-7(5-14)16(2)9-4-3-8(6-15-9)10(11,12)13/h3-4,6-7H,5,14H2,1-2H3. The number of rotatable bonds is 3. The van der Waals surface area contributed by atoms with Gasteiger partial charge in [-0.25, -0.2) is 4.98 Å². The number of hydrogen-bond donors (Lipinski definition) is 1. The molecule has 6 heteroatoms. The molecule has 0 aliphatic rings. The van der Waals surface area contributed by atoms with E-state index in [1.165, 1.54) is 6.07 Å². The van der Waals surface area contributed by atoms with Crippen LogP contribution in [0.1, 0.15) is 12.5 Å². The number of pyridine rings is 1. The van der Waals surface area contributed by atoms with Gasteiger partial charge in [0.25, 0.3) is 0 Å². The Morgan fingerprint density at radius 3 is 2.44 bits per heavy atom. The summed E-state index contributed by atoms with van der Waals surface area (Å²) in [6.45, 7) is 2.29. The van der Waals surface area contributed by atoms with Crippen LogP contribution in [0, 0.1) is 0 Å². The zero-order chi connectivity index (χ0) is 12.3. The molecule has 90 valence electrons. The van der Waals surface area contributed by atoms with Crippen molar-refractivity contribution in [3.8, 4) is 0 Å². The molecule has 16 heavy (non-hydrogen) atoms. The summed E-state index contributed by atoms with van der Waals surface area (Å²) in [5.74, 6) is 0.478. The first-order chi connectivity index (χ1) is 7.36. The van der Waals surface area contributed by atoms with Crippen molar-refractivity contribution in [2.75, 3.05) is 18.5 Å². The second-order valence-corrected chi connectivity index (χ2v) is 3.60. The normalized spacial score (nSPS) is 13.6. The molecule has 0 bridgehead atoms. The number of nitrogens with zero attached hydrogens (tertiary/aromatic N) is 2. The number of aromatic nitrogens is 1. The van der Waals surface area contributed by atoms with Crippen LogP contribution in [0.2, 0.25) is 0 Å². The van der Waals surface area contributed by atoms with Gasteiger partial charge in [-0.05, 0) is 19.1 Å². The zero-order valence-corrected chi connectivity index (χ0v) is 9.12. The Balaban J connectivity index is 2.87. The molecule has 1 rings (SSSR count). The van der Waals surface area contributed by atoms with E-state index in [0.29, 0.717) is 12.4 Å². The van der Waals surface area contributed by atoms with Crippen LogP contribution in [0.4, 0.5) is 19.0 Å². The first-order valence-electron chi connectivity index (χ1n) is 4.82. The molecule has 0 aromatic carbocycles. The average molecular weight is 233 g/mol. The lowest BCUT2D eigenvalue weighted by Crippen LogP contribution is -2.35. The Bertz CT molecular complexity index is 334. The number of alkyl halides is 3. The quantitative estimate of drug-likeness (QED) is 0.866. The van der Waals surface area contributed by atoms with Crippen LogP contribution in [0.25, 0.3) is 0 Å². The van der Waals surface area contributed by atoms with Crippen LogP contribution in [-0.2, 0) is 6.18 Å². The third-order valence-electron chi connectivity index (χ3n) is 2.44. The van der Waals surface area contributed by atoms with E-state index in [1.54, 1.807) is 11.9 Å². The minimum absolute atomic E-state index is 0.0317. The molecule has 0 aliphatic heterocycles. The number of nitrogens with two attached hydrogens (primary N) is 1. The summed E-state index contributed by atoms with van der Waals surface area (Å²) >= 11 is 0. The molecule has 1 aromatic heterocycles. The lowest BCUT2D eigenvalue weighted by atomic mass is 10.2. The first kappa shape index (κ1) is 12.8. The van der Waals surface area contributed by atoms with Crippen LogP contribution in [-0.4, -0.2) is 24.6 Å². The van der Waals surface area contributed by atoms with E-state index in [9.17, 15) is 13.2 Å². The molecule has 1 aromatic rings. The Kier molecular flexibility index (Phi) is 3.74. The Hall–Kier alpha value is -1.30. The van der Waals surface area contributed by atoms with Gasteiger partial charge in [-0.1, -0.05) is 0 Å². The second kappa shape index (κ2) is 4.69. The van der Waals surface area contributed by atoms with Gasteiger partial charge in [-0.15, -0.1) is 0 Å². The Labute approximate surface area is 92.1 Å². The summed E-state index contributed by atoms with van der Waals surface area (Å²) in [4.78, 5) is 5.50. The molecule has 0 aliphatic carbocycles. The highest BCUT2D eigenvalue weighted by molar-refractivity contribution is 5.39. The summed E-state index contributed by atoms with van der Waals surface area (Å²) in [7, 11) is 1.74. The van der Waals surface area contributed by atoms with Crippen molar-refractivity contribution in [2.24, 2.45) is 5.73 Å². The van der Waals surface area contributed by atoms with Crippen LogP contribution in [0.5, 0.6) is 0 Å². The van der Waals surface area contributed by atoms with Gasteiger partial charge >= 0.3 is 6.18 Å². The maximum Gasteiger partial charge on any atom is 0.417 e. The minimum atomic E-state index is -4.34. The summed E-state index contributed by atoms with van der Waals surface area (Å²) in [5.41, 5.74) is 4.71. The molecule has 1 heterocycles. The Morgan fingerprint density at radius 2 is 2.06 bits per heavy atom. The third kappa shape index (κ3) is 2.85. The lowest BCUT2D eigenvalue weighted by Gasteiger charge is -2.24. The van der Waals surface area contributed by atoms with Gasteiger partial charge in [0, 0.05) is 25.8 Å². The van der Waals surface area contributed by atoms with Crippen LogP contribution < -0.4 is 10.6 Å². The number of halogens is 3. The molecule has 0 fully saturated rings. The molecule has 0 saturated carbocycles. The molecule has 0 spiro atoms. The van der Waals surface area contributed by atoms with E-state index in [1.807, 2.05) is 6.92 Å². The maximum absolute atomic E-state index is 12.3. The molecule has 1 atom stereocenters. The summed E-state index contributed by atoms with van der Waals surface area (Å²) in [6.07, 6.45) is -3.52. The van der Waals surface area contributed by atoms with Crippen LogP contribution >= 0.6 is 0 Å². The molecular formula is C10H14F3N3. The zero-order valence-electron chi connectivity index (χ0n) is 9.12. The minimum Gasteiger partial charge on any atom is -0.356 e. The predicted molar refractivity (Wildman–Crippen MR) is 56.2 cm³/mol. The molecule has 0 saturated heterocycles. The summed E-state index contributed by atoms with van der Waals surface area (Å²) < 4.78 is 36.8. The highest BCUT2D eigenvalue weighted by atomic mass is 19.4. The van der Waals surface area contributed by atoms with Crippen molar-refractivity contribution < 1.29 is 13.2 Å². The number of anilines is 1. The van der Waals surface area contributed by atoms with Crippen molar-refractivity contribution >= 4 is 5.82 Å². The smallest absolute Gasteiger partial charge is 0.356 e. The fourth-order valence-electron chi connectivity index (χ4n) is 1.15. The van der Waals surface area contributed by atoms with E-state index in [4.69, 9.17) is 5.73 Å². The Morgan fingerprint density at radius 1 is 1.44 bits per heavy atom. The van der Waals surface area contributed by atoms with Crippen LogP contribution in [0.3, 0.4) is 0 Å². The number of hydrogen-bond acceptors (Lipinski definition) is 3. The largest absolute Gasteiger partial charge is 0.417 e. The highest BCUT2D eigenvalue weighted by Gasteiger charge is 2.30. The van der Waals surface area contributed by atoms with Crippen molar-refractivity contribution in [3.05, 3.63) is 23.9 Å². The van der Waals surface area contributed by atoms with E-state index in [0.717, 1.165) is 12.3 Å². The average Bonchev–Trinajstić information content (AvgIpc) is 2.26. The maximum atomic E-state index is 12.3. The van der Waals surface area contributed by atoms with Crippen molar-refractivity contribution in [3.63, 3.8) is 0 Å². The molecule has 3 nitrogen and oxygen atoms in total. The lowest BCUT2D eigenvalue weighted by molar-refractivity contribution is -0.137. The van der Waals surface area contributed by atoms with Gasteiger partial charge in [-0.3, -0.25) is 0 Å². The van der Waals surface area contributed by atoms with Crippen molar-refractivity contribution in [2.45, 2.75) is 19.1 Å². The first-order valence-corrected chi connectivity index (χ1v) is 4.82. The topological polar surface area (TPSA) is 42.1 Å². The van der Waals surface area contributed by atoms with Gasteiger partial charge in [0.05, 0.1) is 5.56 Å². The molecule has 2 N–H and O–H groups in total. The van der Waals surface area contributed by atoms with Gasteiger partial charge < -0.3 is 10.6 Å². The molecule has 0 amide bonds. The van der Waals surface area contributed by atoms with E-state index >= 15 is 0 Å². The highest BCUT2D eigenvalue weighted by Crippen LogP contribution is 2.29. The molecular weight excluding hydrogens is 219 g/mol. The van der Waals surface area contributed by atoms with E-state index < -0.39 is 11.7 Å².